The Morgan fingerprint density at radius 3 is 1.47 bits per heavy atom. The Morgan fingerprint density at radius 1 is 0.289 bits per heavy atom. The van der Waals surface area contributed by atoms with Gasteiger partial charge in [0.2, 0.25) is 0 Å². The number of para-hydroxylation sites is 1. The number of hydrogen-bond donors (Lipinski definition) is 0. The predicted octanol–water partition coefficient (Wildman–Crippen LogP) is 12.6. The minimum Gasteiger partial charge on any atom is -0.310 e. The fourth-order valence-corrected chi connectivity index (χ4v) is 7.12. The lowest BCUT2D eigenvalue weighted by atomic mass is 9.93. The minimum absolute atomic E-state index is 1.13. The summed E-state index contributed by atoms with van der Waals surface area (Å²) in [5.74, 6) is 0. The summed E-state index contributed by atoms with van der Waals surface area (Å²) in [5.41, 5.74) is 5.80. The SMILES string of the molecule is c1ccc(-c2ccccc2N(c2ccc3ccc4ccccc4c3c2)c2ccc3c4ccccc4c4ccccc4c3c2)cc1. The molecule has 0 aliphatic heterocycles. The van der Waals surface area contributed by atoms with Crippen LogP contribution in [0.4, 0.5) is 17.1 Å². The summed E-state index contributed by atoms with van der Waals surface area (Å²) < 4.78 is 0. The van der Waals surface area contributed by atoms with E-state index in [9.17, 15) is 0 Å². The molecular weight excluding hydrogens is 542 g/mol. The molecule has 9 rings (SSSR count). The van der Waals surface area contributed by atoms with Gasteiger partial charge in [-0.05, 0) is 89.8 Å². The van der Waals surface area contributed by atoms with Gasteiger partial charge in [0, 0.05) is 16.9 Å². The summed E-state index contributed by atoms with van der Waals surface area (Å²) in [6, 6.07) is 64.1. The highest BCUT2D eigenvalue weighted by molar-refractivity contribution is 6.26. The summed E-state index contributed by atoms with van der Waals surface area (Å²) in [6.07, 6.45) is 0. The van der Waals surface area contributed by atoms with Crippen molar-refractivity contribution in [3.63, 3.8) is 0 Å². The van der Waals surface area contributed by atoms with Crippen LogP contribution in [-0.2, 0) is 0 Å². The van der Waals surface area contributed by atoms with Gasteiger partial charge >= 0.3 is 0 Å². The Morgan fingerprint density at radius 2 is 0.756 bits per heavy atom. The molecule has 0 radical (unpaired) electrons. The van der Waals surface area contributed by atoms with E-state index in [0.717, 1.165) is 17.1 Å². The van der Waals surface area contributed by atoms with Gasteiger partial charge < -0.3 is 4.90 Å². The van der Waals surface area contributed by atoms with Gasteiger partial charge in [-0.1, -0.05) is 146 Å². The highest BCUT2D eigenvalue weighted by Gasteiger charge is 2.19. The van der Waals surface area contributed by atoms with Crippen LogP contribution < -0.4 is 4.90 Å². The van der Waals surface area contributed by atoms with Crippen LogP contribution >= 0.6 is 0 Å². The van der Waals surface area contributed by atoms with E-state index in [0.29, 0.717) is 0 Å². The quantitative estimate of drug-likeness (QED) is 0.190. The molecule has 0 aromatic heterocycles. The molecule has 0 spiro atoms. The van der Waals surface area contributed by atoms with Gasteiger partial charge in [-0.25, -0.2) is 0 Å². The van der Waals surface area contributed by atoms with E-state index in [1.165, 1.54) is 65.0 Å². The van der Waals surface area contributed by atoms with Crippen molar-refractivity contribution in [1.82, 2.24) is 0 Å². The van der Waals surface area contributed by atoms with Crippen molar-refractivity contribution in [2.45, 2.75) is 0 Å². The molecule has 0 aliphatic carbocycles. The highest BCUT2D eigenvalue weighted by Crippen LogP contribution is 2.44. The summed E-state index contributed by atoms with van der Waals surface area (Å²) in [6.45, 7) is 0. The second kappa shape index (κ2) is 10.4. The van der Waals surface area contributed by atoms with Gasteiger partial charge in [0.1, 0.15) is 0 Å². The summed E-state index contributed by atoms with van der Waals surface area (Å²) >= 11 is 0. The second-order valence-corrected chi connectivity index (χ2v) is 11.7. The topological polar surface area (TPSA) is 3.24 Å². The fraction of sp³-hybridized carbons (Fsp3) is 0. The van der Waals surface area contributed by atoms with E-state index < -0.39 is 0 Å². The standard InChI is InChI=1S/C44H29N/c1-2-12-30(13-3-1)36-16-10-11-21-44(36)45(33-25-24-32-23-22-31-14-4-5-15-35(31)42(32)28-33)34-26-27-41-39-19-7-6-17-37(39)38-18-8-9-20-40(38)43(41)29-34/h1-29H. The number of hydrogen-bond acceptors (Lipinski definition) is 1. The zero-order valence-corrected chi connectivity index (χ0v) is 24.7. The lowest BCUT2D eigenvalue weighted by molar-refractivity contribution is 1.30. The van der Waals surface area contributed by atoms with Crippen LogP contribution in [0.5, 0.6) is 0 Å². The third-order valence-corrected chi connectivity index (χ3v) is 9.20. The molecule has 0 amide bonds. The molecule has 0 heterocycles. The molecule has 9 aromatic rings. The number of nitrogens with zero attached hydrogens (tertiary/aromatic N) is 1. The van der Waals surface area contributed by atoms with Crippen LogP contribution in [0, 0.1) is 0 Å². The van der Waals surface area contributed by atoms with E-state index in [2.05, 4.69) is 181 Å². The molecule has 0 atom stereocenters. The van der Waals surface area contributed by atoms with E-state index in [4.69, 9.17) is 0 Å². The third-order valence-electron chi connectivity index (χ3n) is 9.20. The maximum absolute atomic E-state index is 2.44. The average Bonchev–Trinajstić information content (AvgIpc) is 3.12. The van der Waals surface area contributed by atoms with Crippen LogP contribution in [0.15, 0.2) is 176 Å². The van der Waals surface area contributed by atoms with Gasteiger partial charge in [-0.2, -0.15) is 0 Å². The second-order valence-electron chi connectivity index (χ2n) is 11.7. The van der Waals surface area contributed by atoms with Crippen molar-refractivity contribution in [3.8, 4) is 11.1 Å². The third kappa shape index (κ3) is 4.17. The first kappa shape index (κ1) is 25.6. The van der Waals surface area contributed by atoms with Crippen LogP contribution in [-0.4, -0.2) is 0 Å². The minimum atomic E-state index is 1.13. The lowest BCUT2D eigenvalue weighted by Gasteiger charge is -2.29. The Kier molecular flexibility index (Phi) is 5.89. The zero-order valence-electron chi connectivity index (χ0n) is 24.7. The molecule has 0 N–H and O–H groups in total. The summed E-state index contributed by atoms with van der Waals surface area (Å²) in [4.78, 5) is 2.44. The maximum Gasteiger partial charge on any atom is 0.0540 e. The molecule has 0 bridgehead atoms. The van der Waals surface area contributed by atoms with E-state index >= 15 is 0 Å². The Hall–Kier alpha value is -5.92. The van der Waals surface area contributed by atoms with Crippen LogP contribution in [0.1, 0.15) is 0 Å². The molecule has 1 nitrogen and oxygen atoms in total. The normalized spacial score (nSPS) is 11.6. The van der Waals surface area contributed by atoms with Crippen molar-refractivity contribution < 1.29 is 0 Å². The van der Waals surface area contributed by atoms with Crippen molar-refractivity contribution in [3.05, 3.63) is 176 Å². The summed E-state index contributed by atoms with van der Waals surface area (Å²) in [5, 5.41) is 12.7. The van der Waals surface area contributed by atoms with Crippen molar-refractivity contribution in [2.75, 3.05) is 4.90 Å². The van der Waals surface area contributed by atoms with Crippen LogP contribution in [0.2, 0.25) is 0 Å². The molecule has 0 saturated heterocycles. The molecule has 1 heteroatoms. The first-order chi connectivity index (χ1) is 22.3. The van der Waals surface area contributed by atoms with Gasteiger partial charge in [0.05, 0.1) is 5.69 Å². The Bertz CT molecular complexity index is 2510. The van der Waals surface area contributed by atoms with Crippen molar-refractivity contribution in [1.29, 1.82) is 0 Å². The van der Waals surface area contributed by atoms with Crippen LogP contribution in [0.25, 0.3) is 65.0 Å². The molecular formula is C44H29N. The molecule has 0 fully saturated rings. The lowest BCUT2D eigenvalue weighted by Crippen LogP contribution is -2.11. The van der Waals surface area contributed by atoms with Gasteiger partial charge in [0.25, 0.3) is 0 Å². The van der Waals surface area contributed by atoms with Crippen LogP contribution in [0.3, 0.4) is 0 Å². The first-order valence-electron chi connectivity index (χ1n) is 15.5. The highest BCUT2D eigenvalue weighted by atomic mass is 15.1. The molecule has 0 unspecified atom stereocenters. The van der Waals surface area contributed by atoms with Crippen molar-refractivity contribution in [2.24, 2.45) is 0 Å². The molecule has 45 heavy (non-hydrogen) atoms. The largest absolute Gasteiger partial charge is 0.310 e. The molecule has 210 valence electrons. The Labute approximate surface area is 262 Å². The number of benzene rings is 9. The fourth-order valence-electron chi connectivity index (χ4n) is 7.12. The number of fused-ring (bicyclic) bond motifs is 9. The van der Waals surface area contributed by atoms with E-state index in [-0.39, 0.29) is 0 Å². The summed E-state index contributed by atoms with van der Waals surface area (Å²) in [7, 11) is 0. The average molecular weight is 572 g/mol. The zero-order chi connectivity index (χ0) is 29.7. The Balaban J connectivity index is 1.36. The first-order valence-corrected chi connectivity index (χ1v) is 15.5. The monoisotopic (exact) mass is 571 g/mol. The molecule has 9 aromatic carbocycles. The van der Waals surface area contributed by atoms with Gasteiger partial charge in [-0.3, -0.25) is 0 Å². The maximum atomic E-state index is 2.44. The predicted molar refractivity (Wildman–Crippen MR) is 194 cm³/mol. The van der Waals surface area contributed by atoms with Gasteiger partial charge in [-0.15, -0.1) is 0 Å². The van der Waals surface area contributed by atoms with Crippen molar-refractivity contribution >= 4 is 70.9 Å². The van der Waals surface area contributed by atoms with Gasteiger partial charge in [0.15, 0.2) is 0 Å². The molecule has 0 aliphatic rings. The van der Waals surface area contributed by atoms with E-state index in [1.54, 1.807) is 0 Å². The number of anilines is 3. The molecule has 0 saturated carbocycles. The number of rotatable bonds is 4. The van der Waals surface area contributed by atoms with E-state index in [1.807, 2.05) is 0 Å². The smallest absolute Gasteiger partial charge is 0.0540 e.